The molecule has 3 aromatic rings. The van der Waals surface area contributed by atoms with Crippen molar-refractivity contribution in [3.8, 4) is 11.3 Å². The number of alkyl halides is 3. The van der Waals surface area contributed by atoms with Gasteiger partial charge < -0.3 is 5.32 Å². The van der Waals surface area contributed by atoms with E-state index in [9.17, 15) is 26.7 Å². The van der Waals surface area contributed by atoms with Gasteiger partial charge in [0.05, 0.1) is 22.5 Å². The normalized spacial score (nSPS) is 11.5. The van der Waals surface area contributed by atoms with E-state index in [1.165, 1.54) is 12.1 Å². The van der Waals surface area contributed by atoms with Gasteiger partial charge in [-0.3, -0.25) is 9.89 Å². The number of aromatic amines is 1. The molecule has 0 saturated heterocycles. The number of amides is 1. The summed E-state index contributed by atoms with van der Waals surface area (Å²) in [6.07, 6.45) is -4.54. The van der Waals surface area contributed by atoms with Crippen LogP contribution >= 0.6 is 0 Å². The molecular formula is C18H12F5N3O. The van der Waals surface area contributed by atoms with Gasteiger partial charge in [-0.1, -0.05) is 12.1 Å². The highest BCUT2D eigenvalue weighted by Crippen LogP contribution is 2.34. The fourth-order valence-electron chi connectivity index (χ4n) is 2.49. The summed E-state index contributed by atoms with van der Waals surface area (Å²) in [5.41, 5.74) is -0.644. The number of H-pyrrole nitrogens is 1. The number of nitrogens with zero attached hydrogens (tertiary/aromatic N) is 1. The van der Waals surface area contributed by atoms with Crippen molar-refractivity contribution in [1.82, 2.24) is 10.2 Å². The maximum atomic E-state index is 13.8. The minimum Gasteiger partial charge on any atom is -0.318 e. The standard InChI is InChI=1S/C18H12F5N3O/c1-9-15(24-17(27)13-6-5-12(19)8-14(13)20)16(26-25-9)10-3-2-4-11(7-10)18(21,22)23/h2-8H,1H3,(H,24,27)(H,25,26). The van der Waals surface area contributed by atoms with Crippen molar-refractivity contribution in [1.29, 1.82) is 0 Å². The smallest absolute Gasteiger partial charge is 0.318 e. The molecule has 1 aromatic heterocycles. The van der Waals surface area contributed by atoms with Gasteiger partial charge in [-0.15, -0.1) is 0 Å². The largest absolute Gasteiger partial charge is 0.416 e. The van der Waals surface area contributed by atoms with Gasteiger partial charge >= 0.3 is 6.18 Å². The molecule has 0 radical (unpaired) electrons. The summed E-state index contributed by atoms with van der Waals surface area (Å²) < 4.78 is 65.6. The number of nitrogens with one attached hydrogen (secondary N) is 2. The molecule has 0 atom stereocenters. The molecule has 1 heterocycles. The number of halogens is 5. The number of benzene rings is 2. The number of anilines is 1. The first-order chi connectivity index (χ1) is 12.7. The molecular weight excluding hydrogens is 369 g/mol. The van der Waals surface area contributed by atoms with Crippen LogP contribution in [0.3, 0.4) is 0 Å². The quantitative estimate of drug-likeness (QED) is 0.632. The lowest BCUT2D eigenvalue weighted by molar-refractivity contribution is -0.137. The summed E-state index contributed by atoms with van der Waals surface area (Å²) in [7, 11) is 0. The monoisotopic (exact) mass is 381 g/mol. The highest BCUT2D eigenvalue weighted by atomic mass is 19.4. The summed E-state index contributed by atoms with van der Waals surface area (Å²) in [4.78, 5) is 12.3. The van der Waals surface area contributed by atoms with Crippen molar-refractivity contribution in [3.05, 3.63) is 70.9 Å². The predicted octanol–water partition coefficient (Wildman–Crippen LogP) is 4.93. The summed E-state index contributed by atoms with van der Waals surface area (Å²) in [6.45, 7) is 1.54. The Hall–Kier alpha value is -3.23. The van der Waals surface area contributed by atoms with Crippen molar-refractivity contribution in [2.24, 2.45) is 0 Å². The van der Waals surface area contributed by atoms with Crippen molar-refractivity contribution >= 4 is 11.6 Å². The van der Waals surface area contributed by atoms with Gasteiger partial charge in [0.2, 0.25) is 0 Å². The van der Waals surface area contributed by atoms with Crippen molar-refractivity contribution in [3.63, 3.8) is 0 Å². The fourth-order valence-corrected chi connectivity index (χ4v) is 2.49. The molecule has 0 saturated carbocycles. The third-order valence-electron chi connectivity index (χ3n) is 3.82. The van der Waals surface area contributed by atoms with E-state index in [1.54, 1.807) is 6.92 Å². The molecule has 27 heavy (non-hydrogen) atoms. The van der Waals surface area contributed by atoms with Crippen molar-refractivity contribution < 1.29 is 26.7 Å². The average molecular weight is 381 g/mol. The molecule has 0 aliphatic heterocycles. The second-order valence-corrected chi connectivity index (χ2v) is 5.73. The van der Waals surface area contributed by atoms with Crippen LogP contribution in [0, 0.1) is 18.6 Å². The zero-order chi connectivity index (χ0) is 19.8. The Kier molecular flexibility index (Phi) is 4.69. The SMILES string of the molecule is Cc1[nH]nc(-c2cccc(C(F)(F)F)c2)c1NC(=O)c1ccc(F)cc1F. The number of carbonyl (C=O) groups excluding carboxylic acids is 1. The van der Waals surface area contributed by atoms with Crippen molar-refractivity contribution in [2.75, 3.05) is 5.32 Å². The van der Waals surface area contributed by atoms with Gasteiger partial charge in [0.1, 0.15) is 17.3 Å². The number of aromatic nitrogens is 2. The van der Waals surface area contributed by atoms with Gasteiger partial charge in [-0.05, 0) is 31.2 Å². The number of hydrogen-bond donors (Lipinski definition) is 2. The topological polar surface area (TPSA) is 57.8 Å². The minimum absolute atomic E-state index is 0.0643. The van der Waals surface area contributed by atoms with Gasteiger partial charge in [-0.2, -0.15) is 18.3 Å². The number of aryl methyl sites for hydroxylation is 1. The van der Waals surface area contributed by atoms with E-state index < -0.39 is 34.8 Å². The number of rotatable bonds is 3. The maximum Gasteiger partial charge on any atom is 0.416 e. The van der Waals surface area contributed by atoms with Crippen LogP contribution in [0.4, 0.5) is 27.6 Å². The Balaban J connectivity index is 1.97. The second-order valence-electron chi connectivity index (χ2n) is 5.73. The first-order valence-electron chi connectivity index (χ1n) is 7.66. The molecule has 2 N–H and O–H groups in total. The molecule has 0 bridgehead atoms. The van der Waals surface area contributed by atoms with Crippen LogP contribution in [-0.4, -0.2) is 16.1 Å². The lowest BCUT2D eigenvalue weighted by atomic mass is 10.1. The zero-order valence-electron chi connectivity index (χ0n) is 13.8. The maximum absolute atomic E-state index is 13.8. The van der Waals surface area contributed by atoms with Crippen LogP contribution < -0.4 is 5.32 Å². The van der Waals surface area contributed by atoms with Crippen LogP contribution in [0.15, 0.2) is 42.5 Å². The Morgan fingerprint density at radius 3 is 2.52 bits per heavy atom. The lowest BCUT2D eigenvalue weighted by Crippen LogP contribution is -2.15. The molecule has 9 heteroatoms. The molecule has 0 aliphatic rings. The van der Waals surface area contributed by atoms with E-state index in [-0.39, 0.29) is 16.9 Å². The van der Waals surface area contributed by atoms with Crippen LogP contribution in [0.1, 0.15) is 21.6 Å². The highest BCUT2D eigenvalue weighted by molar-refractivity contribution is 6.06. The third kappa shape index (κ3) is 3.81. The van der Waals surface area contributed by atoms with E-state index in [4.69, 9.17) is 0 Å². The predicted molar refractivity (Wildman–Crippen MR) is 88.1 cm³/mol. The van der Waals surface area contributed by atoms with E-state index in [0.29, 0.717) is 11.8 Å². The molecule has 0 fully saturated rings. The van der Waals surface area contributed by atoms with E-state index in [0.717, 1.165) is 24.3 Å². The Morgan fingerprint density at radius 1 is 1.11 bits per heavy atom. The molecule has 1 amide bonds. The molecule has 2 aromatic carbocycles. The molecule has 0 unspecified atom stereocenters. The Labute approximate surface area is 150 Å². The first-order valence-corrected chi connectivity index (χ1v) is 7.66. The van der Waals surface area contributed by atoms with Crippen LogP contribution in [0.2, 0.25) is 0 Å². The average Bonchev–Trinajstić information content (AvgIpc) is 2.95. The summed E-state index contributed by atoms with van der Waals surface area (Å²) in [5.74, 6) is -2.78. The van der Waals surface area contributed by atoms with Crippen LogP contribution in [0.25, 0.3) is 11.3 Å². The molecule has 0 spiro atoms. The number of carbonyl (C=O) groups is 1. The highest BCUT2D eigenvalue weighted by Gasteiger charge is 2.31. The minimum atomic E-state index is -4.54. The molecule has 4 nitrogen and oxygen atoms in total. The van der Waals surface area contributed by atoms with E-state index in [2.05, 4.69) is 15.5 Å². The van der Waals surface area contributed by atoms with E-state index in [1.807, 2.05) is 0 Å². The summed E-state index contributed by atoms with van der Waals surface area (Å²) in [6, 6.07) is 6.88. The van der Waals surface area contributed by atoms with Gasteiger partial charge in [-0.25, -0.2) is 8.78 Å². The van der Waals surface area contributed by atoms with Gasteiger partial charge in [0, 0.05) is 11.6 Å². The van der Waals surface area contributed by atoms with Crippen LogP contribution in [0.5, 0.6) is 0 Å². The summed E-state index contributed by atoms with van der Waals surface area (Å²) in [5, 5.41) is 8.92. The van der Waals surface area contributed by atoms with Crippen molar-refractivity contribution in [2.45, 2.75) is 13.1 Å². The first kappa shape index (κ1) is 18.6. The fraction of sp³-hybridized carbons (Fsp3) is 0.111. The molecule has 0 aliphatic carbocycles. The zero-order valence-corrected chi connectivity index (χ0v) is 13.8. The third-order valence-corrected chi connectivity index (χ3v) is 3.82. The molecule has 3 rings (SSSR count). The summed E-state index contributed by atoms with van der Waals surface area (Å²) >= 11 is 0. The molecule has 140 valence electrons. The lowest BCUT2D eigenvalue weighted by Gasteiger charge is -2.10. The van der Waals surface area contributed by atoms with Gasteiger partial charge in [0.25, 0.3) is 5.91 Å². The number of hydrogen-bond acceptors (Lipinski definition) is 2. The Bertz CT molecular complexity index is 1010. The van der Waals surface area contributed by atoms with Gasteiger partial charge in [0.15, 0.2) is 0 Å². The Morgan fingerprint density at radius 2 is 1.85 bits per heavy atom. The van der Waals surface area contributed by atoms with Crippen LogP contribution in [-0.2, 0) is 6.18 Å². The van der Waals surface area contributed by atoms with E-state index >= 15 is 0 Å². The second kappa shape index (κ2) is 6.82.